The first-order chi connectivity index (χ1) is 8.08. The second-order valence-corrected chi connectivity index (χ2v) is 5.67. The Morgan fingerprint density at radius 1 is 1.59 bits per heavy atom. The molecule has 88 valence electrons. The zero-order chi connectivity index (χ0) is 12.4. The van der Waals surface area contributed by atoms with Gasteiger partial charge in [0.2, 0.25) is 0 Å². The van der Waals surface area contributed by atoms with Gasteiger partial charge >= 0.3 is 5.97 Å². The van der Waals surface area contributed by atoms with Gasteiger partial charge in [0.15, 0.2) is 0 Å². The van der Waals surface area contributed by atoms with Crippen molar-refractivity contribution in [3.63, 3.8) is 0 Å². The normalized spacial score (nSPS) is 18.1. The Labute approximate surface area is 111 Å². The van der Waals surface area contributed by atoms with Gasteiger partial charge in [0.05, 0.1) is 4.91 Å². The van der Waals surface area contributed by atoms with E-state index in [2.05, 4.69) is 0 Å². The van der Waals surface area contributed by atoms with Crippen LogP contribution in [-0.4, -0.2) is 32.7 Å². The molecular formula is C10H7NO3S3. The third kappa shape index (κ3) is 2.74. The fourth-order valence-corrected chi connectivity index (χ4v) is 3.15. The van der Waals surface area contributed by atoms with E-state index in [9.17, 15) is 9.59 Å². The van der Waals surface area contributed by atoms with E-state index in [1.54, 1.807) is 6.08 Å². The molecule has 17 heavy (non-hydrogen) atoms. The van der Waals surface area contributed by atoms with Crippen molar-refractivity contribution in [3.05, 3.63) is 27.3 Å². The number of aliphatic carboxylic acids is 1. The predicted octanol–water partition coefficient (Wildman–Crippen LogP) is 2.03. The van der Waals surface area contributed by atoms with Crippen molar-refractivity contribution in [2.45, 2.75) is 0 Å². The van der Waals surface area contributed by atoms with E-state index in [0.717, 1.165) is 22.2 Å². The summed E-state index contributed by atoms with van der Waals surface area (Å²) in [7, 11) is 0. The number of rotatable bonds is 3. The molecule has 2 rings (SSSR count). The Morgan fingerprint density at radius 2 is 2.35 bits per heavy atom. The number of thiophene rings is 1. The molecule has 0 bridgehead atoms. The van der Waals surface area contributed by atoms with Crippen LogP contribution in [0.5, 0.6) is 0 Å². The zero-order valence-corrected chi connectivity index (χ0v) is 10.9. The standard InChI is InChI=1S/C10H7NO3S3/c12-8(13)4-11-9(14)7(17-10(11)15)3-6-1-2-16-5-6/h1-3,5H,4H2,(H,12,13)/b7-3+. The third-order valence-electron chi connectivity index (χ3n) is 2.01. The molecule has 0 atom stereocenters. The van der Waals surface area contributed by atoms with Crippen molar-refractivity contribution in [2.75, 3.05) is 6.54 Å². The Bertz CT molecular complexity index is 507. The number of thioether (sulfide) groups is 1. The van der Waals surface area contributed by atoms with Crippen molar-refractivity contribution >= 4 is 57.6 Å². The van der Waals surface area contributed by atoms with Crippen LogP contribution >= 0.6 is 35.3 Å². The molecule has 1 fully saturated rings. The van der Waals surface area contributed by atoms with Crippen LogP contribution in [0, 0.1) is 0 Å². The fourth-order valence-electron chi connectivity index (χ4n) is 1.28. The largest absolute Gasteiger partial charge is 0.480 e. The predicted molar refractivity (Wildman–Crippen MR) is 71.8 cm³/mol. The van der Waals surface area contributed by atoms with Gasteiger partial charge in [-0.3, -0.25) is 14.5 Å². The summed E-state index contributed by atoms with van der Waals surface area (Å²) in [5, 5.41) is 12.5. The Kier molecular flexibility index (Phi) is 3.60. The minimum Gasteiger partial charge on any atom is -0.480 e. The van der Waals surface area contributed by atoms with Gasteiger partial charge in [0, 0.05) is 0 Å². The number of hydrogen-bond donors (Lipinski definition) is 1. The molecule has 0 unspecified atom stereocenters. The summed E-state index contributed by atoms with van der Waals surface area (Å²) >= 11 is 7.64. The molecule has 1 aromatic rings. The van der Waals surface area contributed by atoms with Crippen molar-refractivity contribution in [3.8, 4) is 0 Å². The topological polar surface area (TPSA) is 57.6 Å². The number of carboxylic acid groups (broad SMARTS) is 1. The summed E-state index contributed by atoms with van der Waals surface area (Å²) in [6.45, 7) is -0.383. The van der Waals surface area contributed by atoms with Gasteiger partial charge in [-0.1, -0.05) is 24.0 Å². The minimum absolute atomic E-state index is 0.291. The average Bonchev–Trinajstić information content (AvgIpc) is 2.83. The summed E-state index contributed by atoms with van der Waals surface area (Å²) in [5.41, 5.74) is 0.922. The van der Waals surface area contributed by atoms with Gasteiger partial charge in [0.1, 0.15) is 10.9 Å². The average molecular weight is 285 g/mol. The maximum Gasteiger partial charge on any atom is 0.323 e. The summed E-state index contributed by atoms with van der Waals surface area (Å²) in [5.74, 6) is -1.41. The van der Waals surface area contributed by atoms with Gasteiger partial charge in [-0.05, 0) is 28.5 Å². The number of amides is 1. The lowest BCUT2D eigenvalue weighted by molar-refractivity contribution is -0.140. The fraction of sp³-hybridized carbons (Fsp3) is 0.100. The number of hydrogen-bond acceptors (Lipinski definition) is 5. The van der Waals surface area contributed by atoms with Gasteiger partial charge in [0.25, 0.3) is 5.91 Å². The SMILES string of the molecule is O=C(O)CN1C(=O)/C(=C\c2ccsc2)SC1=S. The Balaban J connectivity index is 2.21. The van der Waals surface area contributed by atoms with E-state index in [0.29, 0.717) is 9.23 Å². The van der Waals surface area contributed by atoms with Crippen LogP contribution < -0.4 is 0 Å². The molecule has 1 amide bonds. The highest BCUT2D eigenvalue weighted by atomic mass is 32.2. The third-order valence-corrected chi connectivity index (χ3v) is 4.09. The highest BCUT2D eigenvalue weighted by Gasteiger charge is 2.33. The van der Waals surface area contributed by atoms with Crippen molar-refractivity contribution in [1.82, 2.24) is 4.90 Å². The Hall–Kier alpha value is -1.18. The van der Waals surface area contributed by atoms with Crippen LogP contribution in [-0.2, 0) is 9.59 Å². The van der Waals surface area contributed by atoms with Gasteiger partial charge < -0.3 is 5.11 Å². The van der Waals surface area contributed by atoms with E-state index < -0.39 is 5.97 Å². The lowest BCUT2D eigenvalue weighted by Gasteiger charge is -2.09. The van der Waals surface area contributed by atoms with Gasteiger partial charge in [-0.2, -0.15) is 11.3 Å². The van der Waals surface area contributed by atoms with Crippen molar-refractivity contribution < 1.29 is 14.7 Å². The van der Waals surface area contributed by atoms with Crippen LogP contribution in [0.3, 0.4) is 0 Å². The maximum absolute atomic E-state index is 11.9. The van der Waals surface area contributed by atoms with Crippen LogP contribution in [0.25, 0.3) is 6.08 Å². The van der Waals surface area contributed by atoms with E-state index in [1.807, 2.05) is 16.8 Å². The van der Waals surface area contributed by atoms with E-state index >= 15 is 0 Å². The number of carbonyl (C=O) groups excluding carboxylic acids is 1. The highest BCUT2D eigenvalue weighted by molar-refractivity contribution is 8.26. The van der Waals surface area contributed by atoms with Crippen LogP contribution in [0.1, 0.15) is 5.56 Å². The summed E-state index contributed by atoms with van der Waals surface area (Å²) in [4.78, 5) is 24.0. The molecule has 1 aliphatic heterocycles. The van der Waals surface area contributed by atoms with E-state index in [4.69, 9.17) is 17.3 Å². The Morgan fingerprint density at radius 3 is 2.94 bits per heavy atom. The minimum atomic E-state index is -1.07. The smallest absolute Gasteiger partial charge is 0.323 e. The lowest BCUT2D eigenvalue weighted by Crippen LogP contribution is -2.33. The highest BCUT2D eigenvalue weighted by Crippen LogP contribution is 2.32. The number of carbonyl (C=O) groups is 2. The second kappa shape index (κ2) is 4.99. The van der Waals surface area contributed by atoms with Crippen molar-refractivity contribution in [2.24, 2.45) is 0 Å². The molecule has 4 nitrogen and oxygen atoms in total. The molecule has 0 radical (unpaired) electrons. The van der Waals surface area contributed by atoms with Gasteiger partial charge in [-0.15, -0.1) is 0 Å². The van der Waals surface area contributed by atoms with Crippen LogP contribution in [0.2, 0.25) is 0 Å². The van der Waals surface area contributed by atoms with Crippen LogP contribution in [0.4, 0.5) is 0 Å². The number of carboxylic acids is 1. The zero-order valence-electron chi connectivity index (χ0n) is 8.45. The van der Waals surface area contributed by atoms with Crippen LogP contribution in [0.15, 0.2) is 21.7 Å². The maximum atomic E-state index is 11.9. The molecule has 2 heterocycles. The summed E-state index contributed by atoms with van der Waals surface area (Å²) in [6.07, 6.45) is 1.72. The van der Waals surface area contributed by atoms with E-state index in [-0.39, 0.29) is 12.5 Å². The monoisotopic (exact) mass is 285 g/mol. The molecule has 0 spiro atoms. The molecule has 1 N–H and O–H groups in total. The van der Waals surface area contributed by atoms with E-state index in [1.165, 1.54) is 11.3 Å². The van der Waals surface area contributed by atoms with Gasteiger partial charge in [-0.25, -0.2) is 0 Å². The number of nitrogens with zero attached hydrogens (tertiary/aromatic N) is 1. The molecule has 1 aromatic heterocycles. The lowest BCUT2D eigenvalue weighted by atomic mass is 10.3. The first kappa shape index (κ1) is 12.3. The van der Waals surface area contributed by atoms with Crippen molar-refractivity contribution in [1.29, 1.82) is 0 Å². The first-order valence-corrected chi connectivity index (χ1v) is 6.74. The first-order valence-electron chi connectivity index (χ1n) is 4.57. The number of thiocarbonyl (C=S) groups is 1. The molecule has 0 aromatic carbocycles. The molecule has 0 aliphatic carbocycles. The molecule has 0 saturated carbocycles. The molecule has 1 aliphatic rings. The summed E-state index contributed by atoms with van der Waals surface area (Å²) < 4.78 is 0.291. The molecular weight excluding hydrogens is 278 g/mol. The molecule has 7 heteroatoms. The summed E-state index contributed by atoms with van der Waals surface area (Å²) in [6, 6.07) is 1.88. The second-order valence-electron chi connectivity index (χ2n) is 3.22. The quantitative estimate of drug-likeness (QED) is 0.680. The molecule has 1 saturated heterocycles.